The van der Waals surface area contributed by atoms with Gasteiger partial charge in [-0.15, -0.1) is 0 Å². The third-order valence-electron chi connectivity index (χ3n) is 5.83. The SMILES string of the molecule is COC(=O)c1cccc(-n2cccc2C2C(c3ccccn3)NC(=S)N2c2ccc(Br)cc2)c1. The van der Waals surface area contributed by atoms with Gasteiger partial charge in [-0.05, 0) is 78.9 Å². The van der Waals surface area contributed by atoms with Crippen molar-refractivity contribution in [2.45, 2.75) is 12.1 Å². The third kappa shape index (κ3) is 4.10. The third-order valence-corrected chi connectivity index (χ3v) is 6.67. The molecule has 0 aliphatic carbocycles. The number of pyridine rings is 1. The molecule has 2 aromatic carbocycles. The number of methoxy groups -OCH3 is 1. The van der Waals surface area contributed by atoms with Crippen LogP contribution in [-0.4, -0.2) is 27.7 Å². The molecule has 6 nitrogen and oxygen atoms in total. The van der Waals surface area contributed by atoms with Gasteiger partial charge in [0.1, 0.15) is 6.04 Å². The first-order chi connectivity index (χ1) is 16.6. The molecular weight excluding hydrogens is 512 g/mol. The van der Waals surface area contributed by atoms with E-state index in [1.807, 2.05) is 72.9 Å². The minimum Gasteiger partial charge on any atom is -0.465 e. The Kier molecular flexibility index (Phi) is 6.17. The van der Waals surface area contributed by atoms with E-state index in [1.54, 1.807) is 12.3 Å². The van der Waals surface area contributed by atoms with Gasteiger partial charge in [-0.2, -0.15) is 0 Å². The highest BCUT2D eigenvalue weighted by molar-refractivity contribution is 9.10. The van der Waals surface area contributed by atoms with Crippen LogP contribution in [0.5, 0.6) is 0 Å². The number of halogens is 1. The second kappa shape index (κ2) is 9.40. The molecule has 3 heterocycles. The molecule has 0 saturated carbocycles. The molecule has 1 saturated heterocycles. The molecule has 170 valence electrons. The standard InChI is InChI=1S/C26H21BrN4O2S/c1-33-25(32)17-6-4-7-20(16-17)30-15-5-9-22(30)24-23(21-8-2-3-14-28-21)29-26(34)31(24)19-12-10-18(27)11-13-19/h2-16,23-24H,1H3,(H,29,34). The predicted octanol–water partition coefficient (Wildman–Crippen LogP) is 5.60. The Morgan fingerprint density at radius 3 is 2.59 bits per heavy atom. The quantitative estimate of drug-likeness (QED) is 0.266. The highest BCUT2D eigenvalue weighted by Gasteiger charge is 2.42. The number of carbonyl (C=O) groups is 1. The topological polar surface area (TPSA) is 59.4 Å². The molecule has 2 unspecified atom stereocenters. The average molecular weight is 533 g/mol. The van der Waals surface area contributed by atoms with Gasteiger partial charge in [0.2, 0.25) is 0 Å². The molecule has 34 heavy (non-hydrogen) atoms. The van der Waals surface area contributed by atoms with Crippen LogP contribution < -0.4 is 10.2 Å². The molecule has 0 amide bonds. The molecular formula is C26H21BrN4O2S. The minimum absolute atomic E-state index is 0.171. The maximum absolute atomic E-state index is 12.1. The molecule has 8 heteroatoms. The van der Waals surface area contributed by atoms with Gasteiger partial charge >= 0.3 is 5.97 Å². The van der Waals surface area contributed by atoms with Crippen LogP contribution in [-0.2, 0) is 4.74 Å². The summed E-state index contributed by atoms with van der Waals surface area (Å²) in [6, 6.07) is 25.1. The summed E-state index contributed by atoms with van der Waals surface area (Å²) in [5.74, 6) is -0.373. The van der Waals surface area contributed by atoms with Gasteiger partial charge in [0, 0.05) is 33.9 Å². The highest BCUT2D eigenvalue weighted by Crippen LogP contribution is 2.42. The van der Waals surface area contributed by atoms with Gasteiger partial charge in [-0.3, -0.25) is 4.98 Å². The van der Waals surface area contributed by atoms with Crippen molar-refractivity contribution in [2.75, 3.05) is 12.0 Å². The number of esters is 1. The lowest BCUT2D eigenvalue weighted by Crippen LogP contribution is -2.30. The van der Waals surface area contributed by atoms with Crippen LogP contribution in [0.1, 0.15) is 33.8 Å². The van der Waals surface area contributed by atoms with Gasteiger partial charge < -0.3 is 19.5 Å². The van der Waals surface area contributed by atoms with Crippen LogP contribution in [0.25, 0.3) is 5.69 Å². The second-order valence-corrected chi connectivity index (χ2v) is 9.12. The van der Waals surface area contributed by atoms with Crippen molar-refractivity contribution in [2.24, 2.45) is 0 Å². The first kappa shape index (κ1) is 22.3. The summed E-state index contributed by atoms with van der Waals surface area (Å²) in [6.07, 6.45) is 3.78. The van der Waals surface area contributed by atoms with Crippen LogP contribution in [0.2, 0.25) is 0 Å². The number of thiocarbonyl (C=S) groups is 1. The van der Waals surface area contributed by atoms with Crippen LogP contribution in [0, 0.1) is 0 Å². The zero-order valence-electron chi connectivity index (χ0n) is 18.3. The Labute approximate surface area is 211 Å². The summed E-state index contributed by atoms with van der Waals surface area (Å²) in [5.41, 5.74) is 4.22. The van der Waals surface area contributed by atoms with Crippen molar-refractivity contribution in [3.8, 4) is 5.69 Å². The predicted molar refractivity (Wildman–Crippen MR) is 139 cm³/mol. The van der Waals surface area contributed by atoms with Gasteiger partial charge in [-0.25, -0.2) is 4.79 Å². The number of hydrogen-bond donors (Lipinski definition) is 1. The maximum atomic E-state index is 12.1. The van der Waals surface area contributed by atoms with Crippen molar-refractivity contribution in [3.05, 3.63) is 113 Å². The van der Waals surface area contributed by atoms with Crippen molar-refractivity contribution in [1.82, 2.24) is 14.9 Å². The van der Waals surface area contributed by atoms with Crippen molar-refractivity contribution in [3.63, 3.8) is 0 Å². The molecule has 5 rings (SSSR count). The van der Waals surface area contributed by atoms with Crippen LogP contribution >= 0.6 is 28.1 Å². The minimum atomic E-state index is -0.373. The number of aromatic nitrogens is 2. The summed E-state index contributed by atoms with van der Waals surface area (Å²) >= 11 is 9.34. The summed E-state index contributed by atoms with van der Waals surface area (Å²) in [5, 5.41) is 4.11. The van der Waals surface area contributed by atoms with E-state index in [9.17, 15) is 4.79 Å². The Morgan fingerprint density at radius 2 is 1.85 bits per heavy atom. The summed E-state index contributed by atoms with van der Waals surface area (Å²) in [7, 11) is 1.38. The Balaban J connectivity index is 1.65. The monoisotopic (exact) mass is 532 g/mol. The van der Waals surface area contributed by atoms with Gasteiger partial charge in [-0.1, -0.05) is 28.1 Å². The molecule has 0 radical (unpaired) electrons. The molecule has 1 aliphatic heterocycles. The fraction of sp³-hybridized carbons (Fsp3) is 0.115. The normalized spacial score (nSPS) is 17.5. The smallest absolute Gasteiger partial charge is 0.337 e. The molecule has 2 atom stereocenters. The van der Waals surface area contributed by atoms with Gasteiger partial charge in [0.25, 0.3) is 0 Å². The number of hydrogen-bond acceptors (Lipinski definition) is 4. The van der Waals surface area contributed by atoms with Gasteiger partial charge in [0.15, 0.2) is 5.11 Å². The fourth-order valence-electron chi connectivity index (χ4n) is 4.31. The van der Waals surface area contributed by atoms with E-state index in [-0.39, 0.29) is 18.1 Å². The Morgan fingerprint density at radius 1 is 1.03 bits per heavy atom. The van der Waals surface area contributed by atoms with Crippen molar-refractivity contribution >= 4 is 44.9 Å². The zero-order valence-corrected chi connectivity index (χ0v) is 20.7. The van der Waals surface area contributed by atoms with E-state index in [4.69, 9.17) is 17.0 Å². The molecule has 1 aliphatic rings. The lowest BCUT2D eigenvalue weighted by atomic mass is 10.0. The van der Waals surface area contributed by atoms with Crippen LogP contribution in [0.15, 0.2) is 95.7 Å². The van der Waals surface area contributed by atoms with Crippen molar-refractivity contribution in [1.29, 1.82) is 0 Å². The van der Waals surface area contributed by atoms with Gasteiger partial charge in [0.05, 0.1) is 24.4 Å². The Hall–Kier alpha value is -3.49. The van der Waals surface area contributed by atoms with E-state index in [0.717, 1.165) is 27.2 Å². The lowest BCUT2D eigenvalue weighted by Gasteiger charge is -2.29. The average Bonchev–Trinajstić information content (AvgIpc) is 3.49. The van der Waals surface area contributed by atoms with E-state index >= 15 is 0 Å². The largest absolute Gasteiger partial charge is 0.465 e. The maximum Gasteiger partial charge on any atom is 0.337 e. The number of nitrogens with one attached hydrogen (secondary N) is 1. The number of rotatable bonds is 5. The van der Waals surface area contributed by atoms with E-state index < -0.39 is 0 Å². The number of ether oxygens (including phenoxy) is 1. The van der Waals surface area contributed by atoms with Crippen LogP contribution in [0.3, 0.4) is 0 Å². The van der Waals surface area contributed by atoms with E-state index in [1.165, 1.54) is 7.11 Å². The molecule has 4 aromatic rings. The molecule has 0 bridgehead atoms. The van der Waals surface area contributed by atoms with Crippen LogP contribution in [0.4, 0.5) is 5.69 Å². The second-order valence-electron chi connectivity index (χ2n) is 7.82. The fourth-order valence-corrected chi connectivity index (χ4v) is 4.92. The highest BCUT2D eigenvalue weighted by atomic mass is 79.9. The first-order valence-corrected chi connectivity index (χ1v) is 11.9. The molecule has 1 fully saturated rings. The van der Waals surface area contributed by atoms with Crippen molar-refractivity contribution < 1.29 is 9.53 Å². The molecule has 1 N–H and O–H groups in total. The number of benzene rings is 2. The molecule has 2 aromatic heterocycles. The zero-order chi connectivity index (χ0) is 23.7. The first-order valence-electron chi connectivity index (χ1n) is 10.7. The Bertz CT molecular complexity index is 1340. The summed E-state index contributed by atoms with van der Waals surface area (Å²) < 4.78 is 7.99. The summed E-state index contributed by atoms with van der Waals surface area (Å²) in [4.78, 5) is 18.9. The lowest BCUT2D eigenvalue weighted by molar-refractivity contribution is 0.0600. The summed E-state index contributed by atoms with van der Waals surface area (Å²) in [6.45, 7) is 0. The number of anilines is 1. The number of nitrogens with zero attached hydrogens (tertiary/aromatic N) is 3. The molecule has 0 spiro atoms. The number of carbonyl (C=O) groups excluding carboxylic acids is 1. The van der Waals surface area contributed by atoms with E-state index in [0.29, 0.717) is 10.7 Å². The van der Waals surface area contributed by atoms with E-state index in [2.05, 4.69) is 41.8 Å².